The number of benzene rings is 2. The summed E-state index contributed by atoms with van der Waals surface area (Å²) in [6.07, 6.45) is 13.4. The van der Waals surface area contributed by atoms with Gasteiger partial charge in [-0.15, -0.1) is 0 Å². The van der Waals surface area contributed by atoms with Crippen molar-refractivity contribution in [3.8, 4) is 16.9 Å². The molecular formula is C37H48N4O4. The van der Waals surface area contributed by atoms with Crippen molar-refractivity contribution in [2.24, 2.45) is 11.8 Å². The zero-order valence-corrected chi connectivity index (χ0v) is 27.3. The van der Waals surface area contributed by atoms with Gasteiger partial charge in [-0.3, -0.25) is 9.48 Å². The highest BCUT2D eigenvalue weighted by Gasteiger charge is 2.34. The predicted molar refractivity (Wildman–Crippen MR) is 177 cm³/mol. The summed E-state index contributed by atoms with van der Waals surface area (Å²) in [6, 6.07) is 15.6. The number of carbonyl (C=O) groups is 2. The standard InChI is InChI=1S/C37H48N4O4/c1-25-20-30(14-19-35(25)44-4)27-10-8-26(9-11-27)23-40(36(42)28-12-17-34(18-13-28)45-37(43)39(2)3)33-7-5-6-29(21-33)31-22-38-41(24-31)32-15-16-32/h5-7,14,19-22,24,26-28,32,34H,8-13,15-18,23H2,1-4H3. The van der Waals surface area contributed by atoms with Crippen LogP contribution in [0.5, 0.6) is 5.75 Å². The number of nitrogens with zero attached hydrogens (tertiary/aromatic N) is 4. The SMILES string of the molecule is COc1ccc(C2CCC(CN(C(=O)C3CCC(OC(=O)N(C)C)CC3)c3cccc(-c4cnn(C5CC5)c4)c3)CC2)cc1C. The highest BCUT2D eigenvalue weighted by atomic mass is 16.6. The van der Waals surface area contributed by atoms with Gasteiger partial charge in [-0.1, -0.05) is 24.3 Å². The van der Waals surface area contributed by atoms with Crippen LogP contribution in [0.4, 0.5) is 10.5 Å². The summed E-state index contributed by atoms with van der Waals surface area (Å²) in [5, 5.41) is 4.61. The Hall–Kier alpha value is -3.81. The third-order valence-corrected chi connectivity index (χ3v) is 10.1. The first kappa shape index (κ1) is 31.2. The summed E-state index contributed by atoms with van der Waals surface area (Å²) in [6.45, 7) is 2.84. The van der Waals surface area contributed by atoms with E-state index in [1.807, 2.05) is 6.20 Å². The van der Waals surface area contributed by atoms with Gasteiger partial charge in [0.15, 0.2) is 0 Å². The molecule has 0 spiro atoms. The van der Waals surface area contributed by atoms with E-state index in [-0.39, 0.29) is 24.0 Å². The first-order chi connectivity index (χ1) is 21.8. The summed E-state index contributed by atoms with van der Waals surface area (Å²) in [7, 11) is 5.13. The molecule has 240 valence electrons. The van der Waals surface area contributed by atoms with Crippen LogP contribution in [0.3, 0.4) is 0 Å². The molecule has 0 unspecified atom stereocenters. The van der Waals surface area contributed by atoms with E-state index in [2.05, 4.69) is 70.3 Å². The normalized spacial score (nSPS) is 23.3. The Morgan fingerprint density at radius 2 is 1.67 bits per heavy atom. The fourth-order valence-electron chi connectivity index (χ4n) is 7.19. The number of hydrogen-bond acceptors (Lipinski definition) is 5. The van der Waals surface area contributed by atoms with Gasteiger partial charge in [0, 0.05) is 44.0 Å². The van der Waals surface area contributed by atoms with Gasteiger partial charge >= 0.3 is 6.09 Å². The van der Waals surface area contributed by atoms with E-state index in [1.54, 1.807) is 21.2 Å². The van der Waals surface area contributed by atoms with Gasteiger partial charge in [-0.2, -0.15) is 5.10 Å². The minimum absolute atomic E-state index is 0.0702. The van der Waals surface area contributed by atoms with Gasteiger partial charge < -0.3 is 19.3 Å². The van der Waals surface area contributed by atoms with Crippen molar-refractivity contribution in [3.05, 3.63) is 66.0 Å². The highest BCUT2D eigenvalue weighted by molar-refractivity contribution is 5.95. The Bertz CT molecular complexity index is 1480. The highest BCUT2D eigenvalue weighted by Crippen LogP contribution is 2.40. The Balaban J connectivity index is 1.17. The zero-order chi connectivity index (χ0) is 31.5. The molecule has 3 aliphatic rings. The van der Waals surface area contributed by atoms with Crippen molar-refractivity contribution >= 4 is 17.7 Å². The summed E-state index contributed by atoms with van der Waals surface area (Å²) < 4.78 is 13.2. The van der Waals surface area contributed by atoms with Crippen LogP contribution in [0.25, 0.3) is 11.1 Å². The van der Waals surface area contributed by atoms with Crippen LogP contribution in [-0.4, -0.2) is 60.5 Å². The Morgan fingerprint density at radius 1 is 0.911 bits per heavy atom. The molecule has 8 nitrogen and oxygen atoms in total. The fourth-order valence-corrected chi connectivity index (χ4v) is 7.19. The average Bonchev–Trinajstić information content (AvgIpc) is 3.79. The molecule has 6 rings (SSSR count). The molecule has 0 aliphatic heterocycles. The lowest BCUT2D eigenvalue weighted by Crippen LogP contribution is -2.42. The predicted octanol–water partition coefficient (Wildman–Crippen LogP) is 7.77. The molecule has 0 saturated heterocycles. The summed E-state index contributed by atoms with van der Waals surface area (Å²) >= 11 is 0. The van der Waals surface area contributed by atoms with Crippen LogP contribution >= 0.6 is 0 Å². The molecule has 2 amide bonds. The van der Waals surface area contributed by atoms with E-state index in [0.29, 0.717) is 17.9 Å². The van der Waals surface area contributed by atoms with Gasteiger partial charge in [-0.05, 0) is 118 Å². The van der Waals surface area contributed by atoms with Crippen molar-refractivity contribution in [2.45, 2.75) is 89.2 Å². The maximum Gasteiger partial charge on any atom is 0.409 e. The largest absolute Gasteiger partial charge is 0.496 e. The molecule has 2 aromatic carbocycles. The topological polar surface area (TPSA) is 76.9 Å². The molecular weight excluding hydrogens is 564 g/mol. The second kappa shape index (κ2) is 13.7. The molecule has 0 bridgehead atoms. The fraction of sp³-hybridized carbons (Fsp3) is 0.541. The third kappa shape index (κ3) is 7.37. The van der Waals surface area contributed by atoms with Gasteiger partial charge in [0.2, 0.25) is 5.91 Å². The number of amides is 2. The second-order valence-corrected chi connectivity index (χ2v) is 13.6. The zero-order valence-electron chi connectivity index (χ0n) is 27.3. The maximum atomic E-state index is 14.3. The van der Waals surface area contributed by atoms with E-state index < -0.39 is 0 Å². The minimum Gasteiger partial charge on any atom is -0.496 e. The molecule has 3 fully saturated rings. The third-order valence-electron chi connectivity index (χ3n) is 10.1. The van der Waals surface area contributed by atoms with Gasteiger partial charge in [0.05, 0.1) is 19.3 Å². The first-order valence-corrected chi connectivity index (χ1v) is 16.8. The molecule has 3 aromatic rings. The Labute approximate surface area is 267 Å². The Kier molecular flexibility index (Phi) is 9.47. The lowest BCUT2D eigenvalue weighted by Gasteiger charge is -2.36. The number of ether oxygens (including phenoxy) is 2. The molecule has 1 heterocycles. The van der Waals surface area contributed by atoms with Gasteiger partial charge in [0.25, 0.3) is 0 Å². The van der Waals surface area contributed by atoms with Gasteiger partial charge in [0.1, 0.15) is 11.9 Å². The van der Waals surface area contributed by atoms with E-state index in [0.717, 1.165) is 80.5 Å². The van der Waals surface area contributed by atoms with Crippen LogP contribution in [0, 0.1) is 18.8 Å². The van der Waals surface area contributed by atoms with Crippen LogP contribution in [0.2, 0.25) is 0 Å². The number of methoxy groups -OCH3 is 1. The number of aryl methyl sites for hydroxylation is 1. The quantitative estimate of drug-likeness (QED) is 0.247. The van der Waals surface area contributed by atoms with Crippen molar-refractivity contribution in [1.82, 2.24) is 14.7 Å². The van der Waals surface area contributed by atoms with Crippen LogP contribution in [-0.2, 0) is 9.53 Å². The first-order valence-electron chi connectivity index (χ1n) is 16.8. The van der Waals surface area contributed by atoms with Crippen LogP contribution in [0.1, 0.15) is 87.3 Å². The molecule has 8 heteroatoms. The van der Waals surface area contributed by atoms with Gasteiger partial charge in [-0.25, -0.2) is 4.79 Å². The molecule has 3 saturated carbocycles. The Morgan fingerprint density at radius 3 is 2.33 bits per heavy atom. The minimum atomic E-state index is -0.311. The number of hydrogen-bond donors (Lipinski definition) is 0. The number of carbonyl (C=O) groups excluding carboxylic acids is 2. The smallest absolute Gasteiger partial charge is 0.409 e. The lowest BCUT2D eigenvalue weighted by atomic mass is 9.78. The average molecular weight is 613 g/mol. The van der Waals surface area contributed by atoms with Crippen LogP contribution in [0.15, 0.2) is 54.9 Å². The molecule has 0 N–H and O–H groups in total. The number of anilines is 1. The number of aromatic nitrogens is 2. The lowest BCUT2D eigenvalue weighted by molar-refractivity contribution is -0.124. The van der Waals surface area contributed by atoms with E-state index >= 15 is 0 Å². The monoisotopic (exact) mass is 612 g/mol. The van der Waals surface area contributed by atoms with E-state index in [9.17, 15) is 9.59 Å². The molecule has 3 aliphatic carbocycles. The van der Waals surface area contributed by atoms with Crippen molar-refractivity contribution < 1.29 is 19.1 Å². The number of rotatable bonds is 9. The molecule has 0 atom stereocenters. The molecule has 1 aromatic heterocycles. The second-order valence-electron chi connectivity index (χ2n) is 13.6. The van der Waals surface area contributed by atoms with Crippen molar-refractivity contribution in [2.75, 3.05) is 32.6 Å². The van der Waals surface area contributed by atoms with Crippen LogP contribution < -0.4 is 9.64 Å². The summed E-state index contributed by atoms with van der Waals surface area (Å²) in [5.41, 5.74) is 5.73. The van der Waals surface area contributed by atoms with Crippen molar-refractivity contribution in [1.29, 1.82) is 0 Å². The van der Waals surface area contributed by atoms with E-state index in [4.69, 9.17) is 9.47 Å². The summed E-state index contributed by atoms with van der Waals surface area (Å²) in [5.74, 6) is 2.06. The summed E-state index contributed by atoms with van der Waals surface area (Å²) in [4.78, 5) is 30.0. The molecule has 0 radical (unpaired) electrons. The van der Waals surface area contributed by atoms with E-state index in [1.165, 1.54) is 28.9 Å². The van der Waals surface area contributed by atoms with Crippen molar-refractivity contribution in [3.63, 3.8) is 0 Å². The maximum absolute atomic E-state index is 14.3. The molecule has 45 heavy (non-hydrogen) atoms.